The first kappa shape index (κ1) is 32.9. The molecule has 0 aromatic heterocycles. The lowest BCUT2D eigenvalue weighted by Crippen LogP contribution is -2.55. The molecule has 3 aromatic carbocycles. The number of hydrogen-bond acceptors (Lipinski definition) is 6. The van der Waals surface area contributed by atoms with Crippen LogP contribution in [0.2, 0.25) is 10.0 Å². The molecule has 1 saturated carbocycles. The zero-order chi connectivity index (χ0) is 32.0. The fourth-order valence-electron chi connectivity index (χ4n) is 5.73. The van der Waals surface area contributed by atoms with Gasteiger partial charge in [0.15, 0.2) is 11.5 Å². The molecule has 1 N–H and O–H groups in total. The second-order valence-corrected chi connectivity index (χ2v) is 14.2. The maximum Gasteiger partial charge on any atom is 0.244 e. The van der Waals surface area contributed by atoms with E-state index in [0.717, 1.165) is 48.2 Å². The molecule has 240 valence electrons. The molecular weight excluding hydrogens is 637 g/mol. The molecule has 0 radical (unpaired) electrons. The number of nitrogens with one attached hydrogen (secondary N) is 1. The Morgan fingerprint density at radius 1 is 0.933 bits per heavy atom. The zero-order valence-electron chi connectivity index (χ0n) is 25.1. The molecule has 1 aliphatic heterocycles. The summed E-state index contributed by atoms with van der Waals surface area (Å²) in [5.74, 6) is 0.0139. The first-order chi connectivity index (χ1) is 21.6. The Balaban J connectivity index is 1.52. The van der Waals surface area contributed by atoms with E-state index < -0.39 is 28.5 Å². The van der Waals surface area contributed by atoms with Crippen LogP contribution in [-0.2, 0) is 32.6 Å². The van der Waals surface area contributed by atoms with Crippen LogP contribution in [0.4, 0.5) is 5.69 Å². The summed E-state index contributed by atoms with van der Waals surface area (Å²) in [5, 5.41) is 3.95. The number of sulfonamides is 1. The maximum atomic E-state index is 14.4. The van der Waals surface area contributed by atoms with Crippen LogP contribution in [0.1, 0.15) is 43.2 Å². The third kappa shape index (κ3) is 8.62. The van der Waals surface area contributed by atoms with E-state index in [0.29, 0.717) is 40.3 Å². The van der Waals surface area contributed by atoms with Crippen LogP contribution in [-0.4, -0.2) is 63.2 Å². The molecule has 0 saturated heterocycles. The van der Waals surface area contributed by atoms with Gasteiger partial charge in [-0.25, -0.2) is 8.42 Å². The molecule has 0 bridgehead atoms. The fourth-order valence-corrected chi connectivity index (χ4v) is 7.04. The molecule has 2 aliphatic rings. The Kier molecular flexibility index (Phi) is 10.8. The average Bonchev–Trinajstić information content (AvgIpc) is 3.02. The Labute approximate surface area is 274 Å². The predicted octanol–water partition coefficient (Wildman–Crippen LogP) is 5.62. The standard InChI is InChI=1S/C33H37Cl2N3O6S/c1-45(41,42)38(27-14-15-30-31(20-27)44-17-16-43-30)22-32(39)37(21-24-12-13-25(34)19-28(24)35)29(18-23-8-4-2-5-9-23)33(40)36-26-10-6-3-7-11-26/h2,4-5,8-9,12-15,19-20,26,29H,3,6-7,10-11,16-18,21-22H2,1H3,(H,36,40)/t29-/m1/s1. The number of amides is 2. The van der Waals surface area contributed by atoms with E-state index >= 15 is 0 Å². The summed E-state index contributed by atoms with van der Waals surface area (Å²) in [7, 11) is -3.94. The third-order valence-electron chi connectivity index (χ3n) is 8.07. The number of nitrogens with zero attached hydrogens (tertiary/aromatic N) is 2. The Morgan fingerprint density at radius 2 is 1.64 bits per heavy atom. The van der Waals surface area contributed by atoms with E-state index in [1.807, 2.05) is 30.3 Å². The van der Waals surface area contributed by atoms with Crippen molar-refractivity contribution in [2.24, 2.45) is 0 Å². The molecule has 3 aromatic rings. The molecule has 12 heteroatoms. The number of hydrogen-bond donors (Lipinski definition) is 1. The lowest BCUT2D eigenvalue weighted by molar-refractivity contribution is -0.140. The third-order valence-corrected chi connectivity index (χ3v) is 9.80. The van der Waals surface area contributed by atoms with Gasteiger partial charge in [-0.05, 0) is 48.2 Å². The van der Waals surface area contributed by atoms with Crippen molar-refractivity contribution in [3.05, 3.63) is 87.9 Å². The number of carbonyl (C=O) groups excluding carboxylic acids is 2. The topological polar surface area (TPSA) is 105 Å². The Bertz CT molecular complexity index is 1620. The van der Waals surface area contributed by atoms with Crippen LogP contribution in [0.3, 0.4) is 0 Å². The number of ether oxygens (including phenoxy) is 2. The SMILES string of the molecule is CS(=O)(=O)N(CC(=O)N(Cc1ccc(Cl)cc1Cl)[C@H](Cc1ccccc1)C(=O)NC1CCCCC1)c1ccc2c(c1)OCCO2. The van der Waals surface area contributed by atoms with Crippen molar-refractivity contribution in [1.82, 2.24) is 10.2 Å². The summed E-state index contributed by atoms with van der Waals surface area (Å²) in [6.07, 6.45) is 6.17. The van der Waals surface area contributed by atoms with Crippen LogP contribution in [0.15, 0.2) is 66.7 Å². The van der Waals surface area contributed by atoms with Crippen molar-refractivity contribution >= 4 is 50.7 Å². The Morgan fingerprint density at radius 3 is 2.33 bits per heavy atom. The second-order valence-electron chi connectivity index (χ2n) is 11.4. The van der Waals surface area contributed by atoms with E-state index in [2.05, 4.69) is 5.32 Å². The predicted molar refractivity (Wildman–Crippen MR) is 176 cm³/mol. The highest BCUT2D eigenvalue weighted by Crippen LogP contribution is 2.35. The van der Waals surface area contributed by atoms with Crippen LogP contribution in [0.25, 0.3) is 0 Å². The minimum atomic E-state index is -3.94. The van der Waals surface area contributed by atoms with Gasteiger partial charge in [0.1, 0.15) is 25.8 Å². The van der Waals surface area contributed by atoms with Gasteiger partial charge >= 0.3 is 0 Å². The molecule has 1 fully saturated rings. The number of halogens is 2. The molecule has 1 atom stereocenters. The Hall–Kier alpha value is -3.47. The summed E-state index contributed by atoms with van der Waals surface area (Å²) in [6, 6.07) is 18.2. The molecule has 5 rings (SSSR count). The van der Waals surface area contributed by atoms with Crippen molar-refractivity contribution in [2.75, 3.05) is 30.3 Å². The highest BCUT2D eigenvalue weighted by molar-refractivity contribution is 7.92. The lowest BCUT2D eigenvalue weighted by atomic mass is 9.94. The monoisotopic (exact) mass is 673 g/mol. The van der Waals surface area contributed by atoms with Gasteiger partial charge in [-0.1, -0.05) is 78.9 Å². The maximum absolute atomic E-state index is 14.4. The molecule has 1 aliphatic carbocycles. The van der Waals surface area contributed by atoms with Gasteiger partial charge in [0.05, 0.1) is 11.9 Å². The van der Waals surface area contributed by atoms with E-state index in [4.69, 9.17) is 32.7 Å². The summed E-state index contributed by atoms with van der Waals surface area (Å²) in [4.78, 5) is 29.9. The van der Waals surface area contributed by atoms with Crippen LogP contribution >= 0.6 is 23.2 Å². The molecule has 9 nitrogen and oxygen atoms in total. The van der Waals surface area contributed by atoms with E-state index in [1.54, 1.807) is 36.4 Å². The smallest absolute Gasteiger partial charge is 0.244 e. The van der Waals surface area contributed by atoms with Gasteiger partial charge in [-0.3, -0.25) is 13.9 Å². The van der Waals surface area contributed by atoms with Gasteiger partial charge in [0, 0.05) is 35.1 Å². The van der Waals surface area contributed by atoms with Gasteiger partial charge in [0.25, 0.3) is 0 Å². The zero-order valence-corrected chi connectivity index (χ0v) is 27.4. The van der Waals surface area contributed by atoms with E-state index in [-0.39, 0.29) is 30.6 Å². The fraction of sp³-hybridized carbons (Fsp3) is 0.394. The number of anilines is 1. The van der Waals surface area contributed by atoms with Gasteiger partial charge in [-0.15, -0.1) is 0 Å². The molecular formula is C33H37Cl2N3O6S. The summed E-state index contributed by atoms with van der Waals surface area (Å²) in [5.41, 5.74) is 1.67. The van der Waals surface area contributed by atoms with Crippen molar-refractivity contribution in [2.45, 2.75) is 57.2 Å². The van der Waals surface area contributed by atoms with Gasteiger partial charge < -0.3 is 19.7 Å². The van der Waals surface area contributed by atoms with Gasteiger partial charge in [0.2, 0.25) is 21.8 Å². The minimum absolute atomic E-state index is 0.00540. The van der Waals surface area contributed by atoms with Gasteiger partial charge in [-0.2, -0.15) is 0 Å². The number of rotatable bonds is 11. The van der Waals surface area contributed by atoms with E-state index in [9.17, 15) is 18.0 Å². The average molecular weight is 675 g/mol. The van der Waals surface area contributed by atoms with E-state index in [1.165, 1.54) is 4.90 Å². The van der Waals surface area contributed by atoms with Crippen molar-refractivity contribution in [1.29, 1.82) is 0 Å². The minimum Gasteiger partial charge on any atom is -0.486 e. The number of carbonyl (C=O) groups is 2. The molecule has 45 heavy (non-hydrogen) atoms. The lowest BCUT2D eigenvalue weighted by Gasteiger charge is -2.35. The van der Waals surface area contributed by atoms with Crippen molar-refractivity contribution in [3.8, 4) is 11.5 Å². The van der Waals surface area contributed by atoms with Crippen molar-refractivity contribution in [3.63, 3.8) is 0 Å². The molecule has 2 amide bonds. The van der Waals surface area contributed by atoms with Crippen LogP contribution < -0.4 is 19.1 Å². The first-order valence-corrected chi connectivity index (χ1v) is 17.6. The first-order valence-electron chi connectivity index (χ1n) is 15.0. The molecule has 1 heterocycles. The summed E-state index contributed by atoms with van der Waals surface area (Å²) >= 11 is 12.7. The number of benzene rings is 3. The molecule has 0 spiro atoms. The highest BCUT2D eigenvalue weighted by Gasteiger charge is 2.34. The quantitative estimate of drug-likeness (QED) is 0.283. The van der Waals surface area contributed by atoms with Crippen molar-refractivity contribution < 1.29 is 27.5 Å². The second kappa shape index (κ2) is 14.7. The highest BCUT2D eigenvalue weighted by atomic mass is 35.5. The summed E-state index contributed by atoms with van der Waals surface area (Å²) < 4.78 is 38.5. The number of fused-ring (bicyclic) bond motifs is 1. The van der Waals surface area contributed by atoms with Crippen LogP contribution in [0.5, 0.6) is 11.5 Å². The molecule has 0 unspecified atom stereocenters. The summed E-state index contributed by atoms with van der Waals surface area (Å²) in [6.45, 7) is 0.116. The largest absolute Gasteiger partial charge is 0.486 e. The van der Waals surface area contributed by atoms with Crippen LogP contribution in [0, 0.1) is 0 Å². The normalized spacial score (nSPS) is 15.6.